The van der Waals surface area contributed by atoms with Crippen molar-refractivity contribution in [2.75, 3.05) is 5.73 Å². The number of hydrogen-bond acceptors (Lipinski definition) is 3. The molecule has 1 heterocycles. The van der Waals surface area contributed by atoms with E-state index in [2.05, 4.69) is 47.4 Å². The molecule has 0 spiro atoms. The van der Waals surface area contributed by atoms with Crippen molar-refractivity contribution < 1.29 is 0 Å². The summed E-state index contributed by atoms with van der Waals surface area (Å²) in [6.45, 7) is 2.00. The van der Waals surface area contributed by atoms with Gasteiger partial charge >= 0.3 is 0 Å². The zero-order valence-corrected chi connectivity index (χ0v) is 12.0. The third-order valence-corrected chi connectivity index (χ3v) is 4.17. The highest BCUT2D eigenvalue weighted by Crippen LogP contribution is 2.40. The van der Waals surface area contributed by atoms with Crippen molar-refractivity contribution in [1.29, 1.82) is 0 Å². The Labute approximate surface area is 123 Å². The molecule has 4 rings (SSSR count). The minimum Gasteiger partial charge on any atom is -0.383 e. The summed E-state index contributed by atoms with van der Waals surface area (Å²) in [7, 11) is 0. The Kier molecular flexibility index (Phi) is 2.67. The van der Waals surface area contributed by atoms with Crippen molar-refractivity contribution in [2.45, 2.75) is 25.7 Å². The van der Waals surface area contributed by atoms with E-state index in [4.69, 9.17) is 10.7 Å². The Morgan fingerprint density at radius 3 is 2.52 bits per heavy atom. The van der Waals surface area contributed by atoms with E-state index in [0.717, 1.165) is 22.6 Å². The van der Waals surface area contributed by atoms with Crippen LogP contribution in [0.3, 0.4) is 0 Å². The zero-order chi connectivity index (χ0) is 14.4. The Balaban J connectivity index is 1.90. The van der Waals surface area contributed by atoms with Crippen LogP contribution in [-0.2, 0) is 0 Å². The molecular formula is C18H17N3. The predicted octanol–water partition coefficient (Wildman–Crippen LogP) is 4.06. The monoisotopic (exact) mass is 275 g/mol. The van der Waals surface area contributed by atoms with E-state index in [-0.39, 0.29) is 0 Å². The van der Waals surface area contributed by atoms with Gasteiger partial charge in [0.1, 0.15) is 11.6 Å². The minimum absolute atomic E-state index is 0.507. The molecular weight excluding hydrogens is 258 g/mol. The molecule has 0 radical (unpaired) electrons. The highest BCUT2D eigenvalue weighted by molar-refractivity contribution is 5.87. The normalized spacial score (nSPS) is 14.5. The molecule has 21 heavy (non-hydrogen) atoms. The second-order valence-electron chi connectivity index (χ2n) is 5.78. The molecule has 0 amide bonds. The average molecular weight is 275 g/mol. The molecule has 0 saturated heterocycles. The van der Waals surface area contributed by atoms with Crippen LogP contribution in [0.2, 0.25) is 0 Å². The molecule has 3 nitrogen and oxygen atoms in total. The van der Waals surface area contributed by atoms with Gasteiger partial charge in [-0.2, -0.15) is 0 Å². The van der Waals surface area contributed by atoms with E-state index in [1.807, 2.05) is 6.92 Å². The van der Waals surface area contributed by atoms with Crippen molar-refractivity contribution in [3.05, 3.63) is 53.9 Å². The van der Waals surface area contributed by atoms with Crippen LogP contribution in [0.15, 0.2) is 42.5 Å². The van der Waals surface area contributed by atoms with E-state index in [9.17, 15) is 0 Å². The maximum atomic E-state index is 6.09. The Bertz CT molecular complexity index is 835. The number of rotatable bonds is 2. The summed E-state index contributed by atoms with van der Waals surface area (Å²) < 4.78 is 0. The van der Waals surface area contributed by atoms with E-state index < -0.39 is 0 Å². The molecule has 1 aliphatic carbocycles. The fourth-order valence-electron chi connectivity index (χ4n) is 2.69. The first-order valence-corrected chi connectivity index (χ1v) is 7.35. The predicted molar refractivity (Wildman–Crippen MR) is 86.1 cm³/mol. The Hall–Kier alpha value is -2.42. The number of aromatic nitrogens is 2. The van der Waals surface area contributed by atoms with Gasteiger partial charge in [0, 0.05) is 17.0 Å². The molecule has 0 unspecified atom stereocenters. The number of nitrogen functional groups attached to an aromatic ring is 1. The first-order chi connectivity index (χ1) is 10.2. The van der Waals surface area contributed by atoms with Gasteiger partial charge in [0.2, 0.25) is 0 Å². The van der Waals surface area contributed by atoms with Crippen LogP contribution in [0.25, 0.3) is 22.0 Å². The van der Waals surface area contributed by atoms with E-state index in [1.165, 1.54) is 23.6 Å². The number of fused-ring (bicyclic) bond motifs is 1. The van der Waals surface area contributed by atoms with Gasteiger partial charge in [-0.05, 0) is 36.6 Å². The van der Waals surface area contributed by atoms with Gasteiger partial charge < -0.3 is 5.73 Å². The number of nitrogens with zero attached hydrogens (tertiary/aromatic N) is 2. The second-order valence-corrected chi connectivity index (χ2v) is 5.78. The second kappa shape index (κ2) is 4.55. The number of nitrogens with two attached hydrogens (primary N) is 1. The summed E-state index contributed by atoms with van der Waals surface area (Å²) in [5.74, 6) is 2.02. The van der Waals surface area contributed by atoms with Gasteiger partial charge in [0.05, 0.1) is 5.69 Å². The lowest BCUT2D eigenvalue weighted by molar-refractivity contribution is 0.928. The van der Waals surface area contributed by atoms with Crippen molar-refractivity contribution in [2.24, 2.45) is 0 Å². The molecule has 0 aliphatic heterocycles. The van der Waals surface area contributed by atoms with Crippen LogP contribution in [-0.4, -0.2) is 9.97 Å². The molecule has 104 valence electrons. The molecule has 3 heteroatoms. The lowest BCUT2D eigenvalue weighted by Gasteiger charge is -2.10. The third kappa shape index (κ3) is 2.15. The Morgan fingerprint density at radius 1 is 1.00 bits per heavy atom. The van der Waals surface area contributed by atoms with Crippen molar-refractivity contribution in [1.82, 2.24) is 9.97 Å². The van der Waals surface area contributed by atoms with Gasteiger partial charge in [0.15, 0.2) is 0 Å². The largest absolute Gasteiger partial charge is 0.383 e. The molecule has 2 aromatic carbocycles. The Morgan fingerprint density at radius 2 is 1.76 bits per heavy atom. The molecule has 0 bridgehead atoms. The standard InChI is InChI=1S/C18H17N3/c1-11-16(20-18(13-7-8-13)21-17(11)19)15-9-6-12-4-2-3-5-14(12)10-15/h2-6,9-10,13H,7-8H2,1H3,(H2,19,20,21). The molecule has 1 aromatic heterocycles. The summed E-state index contributed by atoms with van der Waals surface area (Å²) in [4.78, 5) is 9.23. The molecule has 2 N–H and O–H groups in total. The summed E-state index contributed by atoms with van der Waals surface area (Å²) in [5.41, 5.74) is 9.13. The van der Waals surface area contributed by atoms with Crippen LogP contribution in [0, 0.1) is 6.92 Å². The molecule has 1 saturated carbocycles. The van der Waals surface area contributed by atoms with E-state index in [0.29, 0.717) is 11.7 Å². The summed E-state index contributed by atoms with van der Waals surface area (Å²) >= 11 is 0. The lowest BCUT2D eigenvalue weighted by Crippen LogP contribution is -2.04. The molecule has 3 aromatic rings. The van der Waals surface area contributed by atoms with Gasteiger partial charge in [-0.3, -0.25) is 0 Å². The third-order valence-electron chi connectivity index (χ3n) is 4.17. The van der Waals surface area contributed by atoms with E-state index in [1.54, 1.807) is 0 Å². The SMILES string of the molecule is Cc1c(N)nc(C2CC2)nc1-c1ccc2ccccc2c1. The molecule has 0 atom stereocenters. The van der Waals surface area contributed by atoms with Crippen molar-refractivity contribution >= 4 is 16.6 Å². The topological polar surface area (TPSA) is 51.8 Å². The van der Waals surface area contributed by atoms with Crippen LogP contribution in [0.4, 0.5) is 5.82 Å². The molecule has 1 fully saturated rings. The maximum absolute atomic E-state index is 6.09. The van der Waals surface area contributed by atoms with Crippen LogP contribution in [0.5, 0.6) is 0 Å². The van der Waals surface area contributed by atoms with Crippen LogP contribution in [0.1, 0.15) is 30.1 Å². The first-order valence-electron chi connectivity index (χ1n) is 7.35. The van der Waals surface area contributed by atoms with Gasteiger partial charge in [-0.25, -0.2) is 9.97 Å². The number of hydrogen-bond donors (Lipinski definition) is 1. The number of benzene rings is 2. The van der Waals surface area contributed by atoms with Crippen molar-refractivity contribution in [3.63, 3.8) is 0 Å². The highest BCUT2D eigenvalue weighted by Gasteiger charge is 2.28. The summed E-state index contributed by atoms with van der Waals surface area (Å²) in [5, 5.41) is 2.46. The summed E-state index contributed by atoms with van der Waals surface area (Å²) in [6, 6.07) is 14.8. The first kappa shape index (κ1) is 12.3. The van der Waals surface area contributed by atoms with Gasteiger partial charge in [-0.1, -0.05) is 36.4 Å². The summed E-state index contributed by atoms with van der Waals surface area (Å²) in [6.07, 6.45) is 2.36. The fourth-order valence-corrected chi connectivity index (χ4v) is 2.69. The maximum Gasteiger partial charge on any atom is 0.134 e. The van der Waals surface area contributed by atoms with Crippen LogP contribution >= 0.6 is 0 Å². The molecule has 1 aliphatic rings. The van der Waals surface area contributed by atoms with Crippen LogP contribution < -0.4 is 5.73 Å². The van der Waals surface area contributed by atoms with Gasteiger partial charge in [0.25, 0.3) is 0 Å². The zero-order valence-electron chi connectivity index (χ0n) is 12.0. The van der Waals surface area contributed by atoms with Gasteiger partial charge in [-0.15, -0.1) is 0 Å². The highest BCUT2D eigenvalue weighted by atomic mass is 15.0. The smallest absolute Gasteiger partial charge is 0.134 e. The van der Waals surface area contributed by atoms with E-state index >= 15 is 0 Å². The fraction of sp³-hybridized carbons (Fsp3) is 0.222. The quantitative estimate of drug-likeness (QED) is 0.767. The minimum atomic E-state index is 0.507. The lowest BCUT2D eigenvalue weighted by atomic mass is 10.0. The average Bonchev–Trinajstić information content (AvgIpc) is 3.34. The van der Waals surface area contributed by atoms with Crippen molar-refractivity contribution in [3.8, 4) is 11.3 Å². The number of anilines is 1.